The average Bonchev–Trinajstić information content (AvgIpc) is 3.17. The van der Waals surface area contributed by atoms with Gasteiger partial charge in [-0.3, -0.25) is 0 Å². The molecule has 0 saturated heterocycles. The second-order valence-corrected chi connectivity index (χ2v) is 7.78. The van der Waals surface area contributed by atoms with E-state index >= 15 is 0 Å². The van der Waals surface area contributed by atoms with Crippen LogP contribution in [0.3, 0.4) is 0 Å². The zero-order valence-corrected chi connectivity index (χ0v) is 19.5. The molecule has 0 atom stereocenters. The van der Waals surface area contributed by atoms with Crippen molar-refractivity contribution in [1.82, 2.24) is 19.9 Å². The number of H-pyrrole nitrogens is 1. The molecule has 0 aliphatic carbocycles. The summed E-state index contributed by atoms with van der Waals surface area (Å²) < 4.78 is 5.79. The van der Waals surface area contributed by atoms with Gasteiger partial charge in [-0.25, -0.2) is 19.6 Å². The standard InChI is InChI=1S/C21H19N5O2.C4H4O4/c1-26(2)7-8-28-14-4-5-15-18(10-14)23-12-24-20(15)19-16-9-13(11-22)3-6-17(16)25-21(19)27;5-3(6)1-2-4(7)8/h3-6,9-10,12,25,27H,7-8H2,1-2H3;1-2H,(H,5,6)(H,7,8). The summed E-state index contributed by atoms with van der Waals surface area (Å²) in [6.45, 7) is 1.40. The number of nitrogens with zero attached hydrogens (tertiary/aromatic N) is 4. The summed E-state index contributed by atoms with van der Waals surface area (Å²) in [7, 11) is 3.99. The van der Waals surface area contributed by atoms with E-state index in [0.29, 0.717) is 35.6 Å². The van der Waals surface area contributed by atoms with Gasteiger partial charge in [-0.2, -0.15) is 5.26 Å². The molecule has 0 bridgehead atoms. The highest BCUT2D eigenvalue weighted by Crippen LogP contribution is 2.39. The summed E-state index contributed by atoms with van der Waals surface area (Å²) in [6.07, 6.45) is 2.58. The van der Waals surface area contributed by atoms with Crippen molar-refractivity contribution in [2.24, 2.45) is 0 Å². The maximum Gasteiger partial charge on any atom is 0.328 e. The lowest BCUT2D eigenvalue weighted by Gasteiger charge is -2.12. The van der Waals surface area contributed by atoms with E-state index in [9.17, 15) is 20.0 Å². The molecule has 0 unspecified atom stereocenters. The Morgan fingerprint density at radius 2 is 1.81 bits per heavy atom. The lowest BCUT2D eigenvalue weighted by Crippen LogP contribution is -2.19. The second-order valence-electron chi connectivity index (χ2n) is 7.78. The fraction of sp³-hybridized carbons (Fsp3) is 0.160. The second kappa shape index (κ2) is 11.5. The Bertz CT molecular complexity index is 1470. The zero-order chi connectivity index (χ0) is 26.2. The van der Waals surface area contributed by atoms with Crippen LogP contribution in [0.2, 0.25) is 0 Å². The summed E-state index contributed by atoms with van der Waals surface area (Å²) in [6, 6.07) is 13.0. The molecule has 11 heteroatoms. The molecule has 11 nitrogen and oxygen atoms in total. The molecule has 184 valence electrons. The third-order valence-corrected chi connectivity index (χ3v) is 4.93. The molecule has 36 heavy (non-hydrogen) atoms. The first-order valence-electron chi connectivity index (χ1n) is 10.6. The molecule has 4 N–H and O–H groups in total. The quantitative estimate of drug-likeness (QED) is 0.283. The van der Waals surface area contributed by atoms with Crippen molar-refractivity contribution in [1.29, 1.82) is 5.26 Å². The van der Waals surface area contributed by atoms with Gasteiger partial charge in [0.15, 0.2) is 5.88 Å². The SMILES string of the molecule is CN(C)CCOc1ccc2c(-c3c(O)[nH]c4ccc(C#N)cc34)ncnc2c1.O=C(O)C=CC(=O)O. The highest BCUT2D eigenvalue weighted by atomic mass is 16.5. The molecule has 0 saturated carbocycles. The van der Waals surface area contributed by atoms with E-state index in [1.54, 1.807) is 18.2 Å². The number of carboxylic acids is 2. The van der Waals surface area contributed by atoms with Gasteiger partial charge in [-0.1, -0.05) is 0 Å². The van der Waals surface area contributed by atoms with Crippen LogP contribution >= 0.6 is 0 Å². The minimum atomic E-state index is -1.26. The predicted molar refractivity (Wildman–Crippen MR) is 132 cm³/mol. The van der Waals surface area contributed by atoms with Gasteiger partial charge in [0.2, 0.25) is 0 Å². The number of rotatable bonds is 7. The van der Waals surface area contributed by atoms with E-state index in [0.717, 1.165) is 34.1 Å². The fourth-order valence-corrected chi connectivity index (χ4v) is 3.30. The Kier molecular flexibility index (Phi) is 8.17. The maximum absolute atomic E-state index is 10.5. The highest BCUT2D eigenvalue weighted by Gasteiger charge is 2.18. The van der Waals surface area contributed by atoms with Crippen molar-refractivity contribution in [3.05, 3.63) is 60.4 Å². The molecule has 0 aliphatic heterocycles. The van der Waals surface area contributed by atoms with E-state index in [4.69, 9.17) is 14.9 Å². The molecule has 0 amide bonds. The van der Waals surface area contributed by atoms with E-state index in [2.05, 4.69) is 25.9 Å². The molecular weight excluding hydrogens is 466 g/mol. The first-order valence-corrected chi connectivity index (χ1v) is 10.6. The number of benzene rings is 2. The number of carbonyl (C=O) groups is 2. The fourth-order valence-electron chi connectivity index (χ4n) is 3.30. The average molecular weight is 489 g/mol. The number of aromatic hydroxyl groups is 1. The van der Waals surface area contributed by atoms with Crippen LogP contribution < -0.4 is 4.74 Å². The topological polar surface area (TPSA) is 173 Å². The summed E-state index contributed by atoms with van der Waals surface area (Å²) in [5.74, 6) is -1.77. The third-order valence-electron chi connectivity index (χ3n) is 4.93. The monoisotopic (exact) mass is 489 g/mol. The van der Waals surface area contributed by atoms with Crippen molar-refractivity contribution >= 4 is 33.7 Å². The molecular formula is C25H23N5O6. The van der Waals surface area contributed by atoms with Crippen molar-refractivity contribution in [2.75, 3.05) is 27.2 Å². The van der Waals surface area contributed by atoms with Gasteiger partial charge in [0.25, 0.3) is 0 Å². The summed E-state index contributed by atoms with van der Waals surface area (Å²) in [5.41, 5.74) is 3.13. The van der Waals surface area contributed by atoms with Crippen molar-refractivity contribution in [3.63, 3.8) is 0 Å². The van der Waals surface area contributed by atoms with Gasteiger partial charge in [0.05, 0.1) is 28.4 Å². The Balaban J connectivity index is 0.000000392. The number of aromatic amines is 1. The van der Waals surface area contributed by atoms with Gasteiger partial charge in [0.1, 0.15) is 18.7 Å². The van der Waals surface area contributed by atoms with Crippen molar-refractivity contribution in [2.45, 2.75) is 0 Å². The van der Waals surface area contributed by atoms with Crippen molar-refractivity contribution in [3.8, 4) is 29.0 Å². The van der Waals surface area contributed by atoms with E-state index in [-0.39, 0.29) is 5.88 Å². The lowest BCUT2D eigenvalue weighted by molar-refractivity contribution is -0.134. The van der Waals surface area contributed by atoms with Crippen LogP contribution in [0.1, 0.15) is 5.56 Å². The van der Waals surface area contributed by atoms with Crippen molar-refractivity contribution < 1.29 is 29.6 Å². The largest absolute Gasteiger partial charge is 0.494 e. The summed E-state index contributed by atoms with van der Waals surface area (Å²) >= 11 is 0. The Morgan fingerprint density at radius 1 is 1.08 bits per heavy atom. The molecule has 0 aliphatic rings. The number of ether oxygens (including phenoxy) is 1. The molecule has 0 spiro atoms. The number of nitrogens with one attached hydrogen (secondary N) is 1. The van der Waals surface area contributed by atoms with Gasteiger partial charge in [-0.05, 0) is 44.4 Å². The Morgan fingerprint density at radius 3 is 2.44 bits per heavy atom. The third kappa shape index (κ3) is 6.34. The van der Waals surface area contributed by atoms with Crippen LogP contribution in [-0.4, -0.2) is 74.4 Å². The van der Waals surface area contributed by atoms with E-state index < -0.39 is 11.9 Å². The number of carboxylic acid groups (broad SMARTS) is 2. The van der Waals surface area contributed by atoms with Crippen LogP contribution in [0, 0.1) is 11.3 Å². The summed E-state index contributed by atoms with van der Waals surface area (Å²) in [5, 5.41) is 36.9. The molecule has 2 aromatic carbocycles. The molecule has 0 radical (unpaired) electrons. The van der Waals surface area contributed by atoms with Gasteiger partial charge >= 0.3 is 11.9 Å². The Hall–Kier alpha value is -4.95. The molecule has 2 aromatic heterocycles. The number of likely N-dealkylation sites (N-methyl/N-ethyl adjacent to an activating group) is 1. The number of hydrogen-bond donors (Lipinski definition) is 4. The first-order chi connectivity index (χ1) is 17.2. The minimum Gasteiger partial charge on any atom is -0.494 e. The minimum absolute atomic E-state index is 0.0106. The molecule has 2 heterocycles. The van der Waals surface area contributed by atoms with Gasteiger partial charge < -0.3 is 29.9 Å². The van der Waals surface area contributed by atoms with Crippen LogP contribution in [0.25, 0.3) is 33.1 Å². The van der Waals surface area contributed by atoms with Crippen LogP contribution in [0.5, 0.6) is 11.6 Å². The smallest absolute Gasteiger partial charge is 0.328 e. The number of nitriles is 1. The first kappa shape index (κ1) is 25.7. The number of hydrogen-bond acceptors (Lipinski definition) is 8. The highest BCUT2D eigenvalue weighted by molar-refractivity contribution is 6.05. The maximum atomic E-state index is 10.5. The van der Waals surface area contributed by atoms with Crippen LogP contribution in [0.15, 0.2) is 54.9 Å². The van der Waals surface area contributed by atoms with E-state index in [1.807, 2.05) is 32.3 Å². The molecule has 4 rings (SSSR count). The zero-order valence-electron chi connectivity index (χ0n) is 19.5. The number of fused-ring (bicyclic) bond motifs is 2. The number of aliphatic carboxylic acids is 2. The van der Waals surface area contributed by atoms with Crippen LogP contribution in [-0.2, 0) is 9.59 Å². The Labute approximate surface area is 205 Å². The molecule has 4 aromatic rings. The summed E-state index contributed by atoms with van der Waals surface area (Å²) in [4.78, 5) is 32.9. The number of aromatic nitrogens is 3. The van der Waals surface area contributed by atoms with Gasteiger partial charge in [-0.15, -0.1) is 0 Å². The van der Waals surface area contributed by atoms with E-state index in [1.165, 1.54) is 6.33 Å². The van der Waals surface area contributed by atoms with Crippen LogP contribution in [0.4, 0.5) is 0 Å². The lowest BCUT2D eigenvalue weighted by atomic mass is 10.0. The molecule has 0 fully saturated rings. The normalized spacial score (nSPS) is 10.8. The van der Waals surface area contributed by atoms with Gasteiger partial charge in [0, 0.05) is 41.1 Å². The predicted octanol–water partition coefficient (Wildman–Crippen LogP) is 3.01.